The van der Waals surface area contributed by atoms with E-state index in [9.17, 15) is 14.4 Å². The van der Waals surface area contributed by atoms with E-state index in [-0.39, 0.29) is 43.0 Å². The molecular weight excluding hydrogens is 300 g/mol. The molecule has 2 atom stereocenters. The molecule has 23 heavy (non-hydrogen) atoms. The van der Waals surface area contributed by atoms with Crippen LogP contribution in [-0.4, -0.2) is 44.1 Å². The summed E-state index contributed by atoms with van der Waals surface area (Å²) in [6, 6.07) is 0. The first-order chi connectivity index (χ1) is 11.0. The zero-order valence-corrected chi connectivity index (χ0v) is 13.9. The average molecular weight is 324 g/mol. The SMILES string of the molecule is CCOC(=O)C1(C(=O)OCC)CC[C@@H](OC)[C@@H]2CCC=C1C2=O. The summed E-state index contributed by atoms with van der Waals surface area (Å²) in [4.78, 5) is 38.2. The molecule has 6 heteroatoms. The van der Waals surface area contributed by atoms with Crippen LogP contribution >= 0.6 is 0 Å². The summed E-state index contributed by atoms with van der Waals surface area (Å²) < 4.78 is 15.7. The minimum atomic E-state index is -1.66. The van der Waals surface area contributed by atoms with Gasteiger partial charge in [0.05, 0.1) is 19.3 Å². The Morgan fingerprint density at radius 1 is 1.17 bits per heavy atom. The minimum absolute atomic E-state index is 0.137. The van der Waals surface area contributed by atoms with Gasteiger partial charge in [-0.3, -0.25) is 14.4 Å². The molecule has 2 rings (SSSR count). The number of allylic oxidation sites excluding steroid dienone is 1. The lowest BCUT2D eigenvalue weighted by Gasteiger charge is -2.31. The minimum Gasteiger partial charge on any atom is -0.465 e. The van der Waals surface area contributed by atoms with Crippen molar-refractivity contribution in [3.05, 3.63) is 11.6 Å². The number of carbonyl (C=O) groups is 3. The summed E-state index contributed by atoms with van der Waals surface area (Å²) >= 11 is 0. The summed E-state index contributed by atoms with van der Waals surface area (Å²) in [7, 11) is 1.55. The second-order valence-electron chi connectivity index (χ2n) is 5.82. The molecule has 2 aliphatic carbocycles. The van der Waals surface area contributed by atoms with Gasteiger partial charge in [0.2, 0.25) is 0 Å². The molecule has 0 N–H and O–H groups in total. The van der Waals surface area contributed by atoms with Crippen molar-refractivity contribution in [2.45, 2.75) is 45.6 Å². The maximum absolute atomic E-state index is 12.9. The Hall–Kier alpha value is -1.69. The van der Waals surface area contributed by atoms with Gasteiger partial charge in [0, 0.05) is 18.6 Å². The molecule has 0 aromatic carbocycles. The molecule has 1 fully saturated rings. The van der Waals surface area contributed by atoms with Crippen molar-refractivity contribution in [3.8, 4) is 0 Å². The number of hydrogen-bond donors (Lipinski definition) is 0. The smallest absolute Gasteiger partial charge is 0.328 e. The highest BCUT2D eigenvalue weighted by Crippen LogP contribution is 2.46. The Bertz CT molecular complexity index is 503. The average Bonchev–Trinajstić information content (AvgIpc) is 2.59. The highest BCUT2D eigenvalue weighted by atomic mass is 16.6. The van der Waals surface area contributed by atoms with E-state index in [1.807, 2.05) is 0 Å². The van der Waals surface area contributed by atoms with Gasteiger partial charge in [0.15, 0.2) is 11.2 Å². The van der Waals surface area contributed by atoms with E-state index in [1.165, 1.54) is 0 Å². The van der Waals surface area contributed by atoms with Crippen LogP contribution in [0.25, 0.3) is 0 Å². The third kappa shape index (κ3) is 2.92. The predicted molar refractivity (Wildman–Crippen MR) is 81.5 cm³/mol. The largest absolute Gasteiger partial charge is 0.465 e. The van der Waals surface area contributed by atoms with Gasteiger partial charge in [-0.25, -0.2) is 0 Å². The van der Waals surface area contributed by atoms with E-state index < -0.39 is 17.4 Å². The third-order valence-corrected chi connectivity index (χ3v) is 4.69. The number of Topliss-reactive ketones (excluding diaryl/α,β-unsaturated/α-hetero) is 1. The molecule has 2 bridgehead atoms. The number of methoxy groups -OCH3 is 1. The number of fused-ring (bicyclic) bond motifs is 2. The van der Waals surface area contributed by atoms with E-state index in [0.29, 0.717) is 19.3 Å². The molecule has 0 heterocycles. The lowest BCUT2D eigenvalue weighted by atomic mass is 9.72. The molecule has 0 unspecified atom stereocenters. The topological polar surface area (TPSA) is 78.9 Å². The fourth-order valence-corrected chi connectivity index (χ4v) is 3.57. The van der Waals surface area contributed by atoms with Crippen LogP contribution in [0.5, 0.6) is 0 Å². The maximum Gasteiger partial charge on any atom is 0.328 e. The second-order valence-corrected chi connectivity index (χ2v) is 5.82. The standard InChI is InChI=1S/C17H24O6/c1-4-22-15(19)17(16(20)23-5-2)10-9-13(21-3)11-7-6-8-12(17)14(11)18/h8,11,13H,4-7,9-10H2,1-3H3/t11-,13+/m0/s1. The maximum atomic E-state index is 12.9. The van der Waals surface area contributed by atoms with Crippen molar-refractivity contribution in [3.63, 3.8) is 0 Å². The van der Waals surface area contributed by atoms with Gasteiger partial charge in [-0.15, -0.1) is 0 Å². The lowest BCUT2D eigenvalue weighted by Crippen LogP contribution is -2.46. The summed E-state index contributed by atoms with van der Waals surface area (Å²) in [5.41, 5.74) is -1.43. The third-order valence-electron chi connectivity index (χ3n) is 4.69. The Morgan fingerprint density at radius 2 is 1.78 bits per heavy atom. The highest BCUT2D eigenvalue weighted by Gasteiger charge is 2.58. The van der Waals surface area contributed by atoms with E-state index in [1.54, 1.807) is 27.0 Å². The van der Waals surface area contributed by atoms with E-state index in [4.69, 9.17) is 14.2 Å². The quantitative estimate of drug-likeness (QED) is 0.567. The number of rotatable bonds is 5. The predicted octanol–water partition coefficient (Wildman–Crippen LogP) is 1.81. The Balaban J connectivity index is 2.54. The van der Waals surface area contributed by atoms with Crippen molar-refractivity contribution >= 4 is 17.7 Å². The van der Waals surface area contributed by atoms with E-state index in [0.717, 1.165) is 0 Å². The van der Waals surface area contributed by atoms with E-state index in [2.05, 4.69) is 0 Å². The van der Waals surface area contributed by atoms with Crippen molar-refractivity contribution in [2.24, 2.45) is 11.3 Å². The van der Waals surface area contributed by atoms with Crippen molar-refractivity contribution in [1.29, 1.82) is 0 Å². The lowest BCUT2D eigenvalue weighted by molar-refractivity contribution is -0.170. The molecule has 0 radical (unpaired) electrons. The monoisotopic (exact) mass is 324 g/mol. The number of ether oxygens (including phenoxy) is 3. The van der Waals surface area contributed by atoms with Crippen LogP contribution in [-0.2, 0) is 28.6 Å². The van der Waals surface area contributed by atoms with Crippen molar-refractivity contribution < 1.29 is 28.6 Å². The Morgan fingerprint density at radius 3 is 2.30 bits per heavy atom. The Labute approximate surface area is 136 Å². The Kier molecular flexibility index (Phi) is 5.57. The molecule has 0 saturated heterocycles. The van der Waals surface area contributed by atoms with Gasteiger partial charge >= 0.3 is 11.9 Å². The molecule has 2 aliphatic rings. The molecule has 6 nitrogen and oxygen atoms in total. The van der Waals surface area contributed by atoms with Gasteiger partial charge in [-0.2, -0.15) is 0 Å². The fraction of sp³-hybridized carbons (Fsp3) is 0.706. The van der Waals surface area contributed by atoms with E-state index >= 15 is 0 Å². The molecule has 128 valence electrons. The van der Waals surface area contributed by atoms with Crippen LogP contribution < -0.4 is 0 Å². The van der Waals surface area contributed by atoms with Crippen molar-refractivity contribution in [1.82, 2.24) is 0 Å². The molecule has 0 aromatic heterocycles. The molecule has 0 aliphatic heterocycles. The van der Waals surface area contributed by atoms with Crippen LogP contribution in [0, 0.1) is 11.3 Å². The summed E-state index contributed by atoms with van der Waals surface area (Å²) in [5, 5.41) is 0. The number of carbonyl (C=O) groups excluding carboxylic acids is 3. The summed E-state index contributed by atoms with van der Waals surface area (Å²) in [5.74, 6) is -1.90. The van der Waals surface area contributed by atoms with Gasteiger partial charge in [-0.05, 0) is 39.5 Å². The molecule has 1 saturated carbocycles. The summed E-state index contributed by atoms with van der Waals surface area (Å²) in [6.07, 6.45) is 3.30. The normalized spacial score (nSPS) is 26.0. The first-order valence-electron chi connectivity index (χ1n) is 8.15. The fourth-order valence-electron chi connectivity index (χ4n) is 3.57. The van der Waals surface area contributed by atoms with Crippen LogP contribution in [0.2, 0.25) is 0 Å². The van der Waals surface area contributed by atoms with Crippen LogP contribution in [0.15, 0.2) is 11.6 Å². The van der Waals surface area contributed by atoms with Crippen LogP contribution in [0.1, 0.15) is 39.5 Å². The zero-order valence-electron chi connectivity index (χ0n) is 13.9. The summed E-state index contributed by atoms with van der Waals surface area (Å²) in [6.45, 7) is 3.62. The van der Waals surface area contributed by atoms with Gasteiger partial charge in [-0.1, -0.05) is 6.08 Å². The van der Waals surface area contributed by atoms with Crippen molar-refractivity contribution in [2.75, 3.05) is 20.3 Å². The van der Waals surface area contributed by atoms with Crippen LogP contribution in [0.3, 0.4) is 0 Å². The molecular formula is C17H24O6. The zero-order chi connectivity index (χ0) is 17.0. The first-order valence-corrected chi connectivity index (χ1v) is 8.15. The van der Waals surface area contributed by atoms with Gasteiger partial charge in [0.1, 0.15) is 0 Å². The highest BCUT2D eigenvalue weighted by molar-refractivity contribution is 6.15. The van der Waals surface area contributed by atoms with Crippen LogP contribution in [0.4, 0.5) is 0 Å². The van der Waals surface area contributed by atoms with Gasteiger partial charge in [0.25, 0.3) is 0 Å². The molecule has 0 spiro atoms. The number of esters is 2. The second kappa shape index (κ2) is 7.25. The number of ketones is 1. The molecule has 0 aromatic rings. The number of hydrogen-bond acceptors (Lipinski definition) is 6. The first kappa shape index (κ1) is 17.7. The van der Waals surface area contributed by atoms with Gasteiger partial charge < -0.3 is 14.2 Å². The molecule has 0 amide bonds.